The Balaban J connectivity index is 1.52. The number of hydrogen-bond donors (Lipinski definition) is 0. The van der Waals surface area contributed by atoms with Gasteiger partial charge in [0.2, 0.25) is 5.69 Å². The Hall–Kier alpha value is -3.11. The Morgan fingerprint density at radius 2 is 1.58 bits per heavy atom. The zero-order valence-corrected chi connectivity index (χ0v) is 32.7. The predicted octanol–water partition coefficient (Wildman–Crippen LogP) is 9.97. The van der Waals surface area contributed by atoms with Gasteiger partial charge in [0.1, 0.15) is 0 Å². The first-order chi connectivity index (χ1) is 24.3. The van der Waals surface area contributed by atoms with Crippen molar-refractivity contribution in [3.05, 3.63) is 95.7 Å². The molecule has 8 heteroatoms. The van der Waals surface area contributed by atoms with E-state index in [-0.39, 0.29) is 22.9 Å². The van der Waals surface area contributed by atoms with E-state index >= 15 is 0 Å². The highest BCUT2D eigenvalue weighted by Gasteiger charge is 2.44. The summed E-state index contributed by atoms with van der Waals surface area (Å²) in [7, 11) is -1.26. The lowest BCUT2D eigenvalue weighted by molar-refractivity contribution is -0.438. The summed E-state index contributed by atoms with van der Waals surface area (Å²) in [5.74, 6) is 0. The molecule has 2 unspecified atom stereocenters. The van der Waals surface area contributed by atoms with E-state index in [0.29, 0.717) is 26.2 Å². The normalized spacial score (nSPS) is 18.9. The Morgan fingerprint density at radius 1 is 0.900 bits per heavy atom. The topological polar surface area (TPSA) is 61.0 Å². The largest absolute Gasteiger partial charge is 0.382 e. The van der Waals surface area contributed by atoms with Crippen LogP contribution in [-0.4, -0.2) is 66.5 Å². The summed E-state index contributed by atoms with van der Waals surface area (Å²) >= 11 is 0. The quantitative estimate of drug-likeness (QED) is 0.0629. The Kier molecular flexibility index (Phi) is 14.0. The summed E-state index contributed by atoms with van der Waals surface area (Å²) in [5, 5.41) is 9.07. The van der Waals surface area contributed by atoms with Crippen molar-refractivity contribution in [2.75, 3.05) is 44.4 Å². The van der Waals surface area contributed by atoms with E-state index in [4.69, 9.17) is 20.4 Å². The zero-order chi connectivity index (χ0) is 37.2. The smallest absolute Gasteiger partial charge is 0.259 e. The molecule has 2 aromatic rings. The molecule has 0 fully saturated rings. The standard InChI is InChI=1S/C42H60N4O3P/c1-10-47-30-19-28-44-37-23-16-14-21-35(37)41(6,7)39(44)25-12-11-13-26-40-42(8,9)36-22-15-17-24-38(36)45(40)29-20-32-49-50(48-31-18-27-43)46(33(2)3)34(4)5/h11-17,21-26,33-34H,10,18-20,28-32H2,1-9H3/q+1/i10T. The third-order valence-corrected chi connectivity index (χ3v) is 11.6. The molecule has 0 aliphatic carbocycles. The van der Waals surface area contributed by atoms with Crippen LogP contribution in [0.15, 0.2) is 84.6 Å². The van der Waals surface area contributed by atoms with E-state index in [2.05, 4.69) is 155 Å². The summed E-state index contributed by atoms with van der Waals surface area (Å²) < 4.78 is 30.5. The highest BCUT2D eigenvalue weighted by molar-refractivity contribution is 7.44. The van der Waals surface area contributed by atoms with Gasteiger partial charge in [0.25, 0.3) is 8.53 Å². The van der Waals surface area contributed by atoms with E-state index in [1.54, 1.807) is 6.92 Å². The van der Waals surface area contributed by atoms with Crippen LogP contribution >= 0.6 is 8.53 Å². The van der Waals surface area contributed by atoms with E-state index < -0.39 is 15.1 Å². The van der Waals surface area contributed by atoms with Crippen LogP contribution in [0.1, 0.15) is 94.1 Å². The van der Waals surface area contributed by atoms with Gasteiger partial charge >= 0.3 is 0 Å². The number of fused-ring (bicyclic) bond motifs is 2. The lowest BCUT2D eigenvalue weighted by Crippen LogP contribution is -2.33. The Labute approximate surface area is 305 Å². The van der Waals surface area contributed by atoms with Crippen molar-refractivity contribution in [1.82, 2.24) is 4.67 Å². The number of nitriles is 1. The van der Waals surface area contributed by atoms with Crippen molar-refractivity contribution in [1.29, 1.82) is 5.26 Å². The van der Waals surface area contributed by atoms with Gasteiger partial charge in [0.05, 0.1) is 32.5 Å². The first kappa shape index (κ1) is 38.1. The van der Waals surface area contributed by atoms with Crippen molar-refractivity contribution in [3.63, 3.8) is 0 Å². The number of rotatable bonds is 19. The average Bonchev–Trinajstić information content (AvgIpc) is 3.42. The van der Waals surface area contributed by atoms with Crippen LogP contribution in [0, 0.1) is 11.3 Å². The maximum Gasteiger partial charge on any atom is 0.259 e. The first-order valence-corrected chi connectivity index (χ1v) is 19.4. The fraction of sp³-hybridized carbons (Fsp3) is 0.524. The predicted molar refractivity (Wildman–Crippen MR) is 209 cm³/mol. The van der Waals surface area contributed by atoms with Crippen LogP contribution in [0.2, 0.25) is 0 Å². The number of para-hydroxylation sites is 2. The maximum absolute atomic E-state index is 9.07. The van der Waals surface area contributed by atoms with E-state index in [0.717, 1.165) is 25.9 Å². The third kappa shape index (κ3) is 9.21. The first-order valence-electron chi connectivity index (χ1n) is 18.8. The van der Waals surface area contributed by atoms with Gasteiger partial charge in [0.15, 0.2) is 12.3 Å². The SMILES string of the molecule is [3H]C(C)OCCCN1C(=CC=CC=CC2=[N+](CCCOP(OCCC#N)N(C(C)C)C(C)C)c3ccccc3C2(C)C)C(C)(C)c2ccccc21. The van der Waals surface area contributed by atoms with Crippen LogP contribution in [0.4, 0.5) is 11.4 Å². The van der Waals surface area contributed by atoms with E-state index in [1.165, 1.54) is 33.9 Å². The molecule has 2 aliphatic heterocycles. The van der Waals surface area contributed by atoms with Gasteiger partial charge in [-0.1, -0.05) is 68.5 Å². The molecule has 2 heterocycles. The summed E-state index contributed by atoms with van der Waals surface area (Å²) in [6.45, 7) is 22.3. The second-order valence-corrected chi connectivity index (χ2v) is 15.9. The second-order valence-electron chi connectivity index (χ2n) is 14.5. The van der Waals surface area contributed by atoms with Gasteiger partial charge in [-0.25, -0.2) is 4.67 Å². The van der Waals surface area contributed by atoms with Crippen molar-refractivity contribution < 1.29 is 19.7 Å². The van der Waals surface area contributed by atoms with Crippen molar-refractivity contribution in [3.8, 4) is 6.07 Å². The molecule has 0 N–H and O–H groups in total. The minimum Gasteiger partial charge on any atom is -0.382 e. The lowest BCUT2D eigenvalue weighted by atomic mass is 9.81. The molecule has 2 aromatic carbocycles. The molecule has 0 spiro atoms. The van der Waals surface area contributed by atoms with Crippen molar-refractivity contribution in [2.24, 2.45) is 0 Å². The highest BCUT2D eigenvalue weighted by atomic mass is 31.2. The average molecular weight is 702 g/mol. The third-order valence-electron chi connectivity index (χ3n) is 9.53. The Bertz CT molecular complexity index is 1610. The van der Waals surface area contributed by atoms with Gasteiger partial charge in [-0.2, -0.15) is 9.84 Å². The second kappa shape index (κ2) is 18.4. The summed E-state index contributed by atoms with van der Waals surface area (Å²) in [6, 6.07) is 20.1. The molecule has 0 radical (unpaired) electrons. The maximum atomic E-state index is 9.07. The summed E-state index contributed by atoms with van der Waals surface area (Å²) in [5.41, 5.74) is 7.41. The molecule has 2 atom stereocenters. The molecule has 0 saturated carbocycles. The van der Waals surface area contributed by atoms with Crippen molar-refractivity contribution in [2.45, 2.75) is 104 Å². The summed E-state index contributed by atoms with van der Waals surface area (Å²) in [4.78, 5) is 2.42. The van der Waals surface area contributed by atoms with Gasteiger partial charge in [-0.15, -0.1) is 0 Å². The number of hydrogen-bond acceptors (Lipinski definition) is 6. The molecule has 50 heavy (non-hydrogen) atoms. The number of ether oxygens (including phenoxy) is 1. The van der Waals surface area contributed by atoms with Crippen LogP contribution in [0.25, 0.3) is 0 Å². The lowest BCUT2D eigenvalue weighted by Gasteiger charge is -2.35. The van der Waals surface area contributed by atoms with Crippen LogP contribution < -0.4 is 4.90 Å². The zero-order valence-electron chi connectivity index (χ0n) is 32.9. The molecule has 0 bridgehead atoms. The van der Waals surface area contributed by atoms with Gasteiger partial charge in [-0.05, 0) is 72.6 Å². The monoisotopic (exact) mass is 701 g/mol. The molecule has 7 nitrogen and oxygen atoms in total. The van der Waals surface area contributed by atoms with Crippen LogP contribution in [0.3, 0.4) is 0 Å². The summed E-state index contributed by atoms with van der Waals surface area (Å²) in [6.07, 6.45) is 13.0. The minimum absolute atomic E-state index is 0.126. The Morgan fingerprint density at radius 3 is 2.28 bits per heavy atom. The fourth-order valence-corrected chi connectivity index (χ4v) is 8.85. The van der Waals surface area contributed by atoms with Crippen molar-refractivity contribution >= 4 is 25.6 Å². The molecule has 0 aromatic heterocycles. The van der Waals surface area contributed by atoms with Crippen LogP contribution in [0.5, 0.6) is 0 Å². The molecule has 0 amide bonds. The number of nitrogens with zero attached hydrogens (tertiary/aromatic N) is 4. The van der Waals surface area contributed by atoms with E-state index in [1.807, 2.05) is 0 Å². The number of benzene rings is 2. The molecular weight excluding hydrogens is 639 g/mol. The molecule has 4 rings (SSSR count). The van der Waals surface area contributed by atoms with Gasteiger partial charge < -0.3 is 18.7 Å². The van der Waals surface area contributed by atoms with Crippen LogP contribution in [-0.2, 0) is 24.6 Å². The molecule has 2 aliphatic rings. The molecule has 270 valence electrons. The van der Waals surface area contributed by atoms with Gasteiger partial charge in [-0.3, -0.25) is 0 Å². The molecular formula is C42H60N4O3P+. The number of allylic oxidation sites excluding steroid dienone is 6. The van der Waals surface area contributed by atoms with Gasteiger partial charge in [0, 0.05) is 72.7 Å². The molecule has 0 saturated heterocycles. The van der Waals surface area contributed by atoms with E-state index in [9.17, 15) is 0 Å². The fourth-order valence-electron chi connectivity index (χ4n) is 7.22. The number of anilines is 1. The minimum atomic E-state index is -1.26. The highest BCUT2D eigenvalue weighted by Crippen LogP contribution is 2.48.